The zero-order valence-corrected chi connectivity index (χ0v) is 9.86. The molecule has 86 valence electrons. The van der Waals surface area contributed by atoms with Crippen LogP contribution in [0.4, 0.5) is 5.69 Å². The Hall–Kier alpha value is -1.64. The van der Waals surface area contributed by atoms with E-state index in [0.717, 1.165) is 5.69 Å². The van der Waals surface area contributed by atoms with E-state index in [0.29, 0.717) is 0 Å². The van der Waals surface area contributed by atoms with Crippen molar-refractivity contribution in [1.82, 2.24) is 0 Å². The molecule has 0 saturated heterocycles. The summed E-state index contributed by atoms with van der Waals surface area (Å²) in [6.45, 7) is 5.20. The highest BCUT2D eigenvalue weighted by Crippen LogP contribution is 2.15. The molecule has 0 heterocycles. The van der Waals surface area contributed by atoms with Crippen LogP contribution < -0.4 is 5.32 Å². The van der Waals surface area contributed by atoms with Crippen LogP contribution in [0.2, 0.25) is 0 Å². The van der Waals surface area contributed by atoms with Crippen LogP contribution in [-0.4, -0.2) is 11.7 Å². The summed E-state index contributed by atoms with van der Waals surface area (Å²) in [5.41, 5.74) is 0.722. The van der Waals surface area contributed by atoms with Gasteiger partial charge < -0.3 is 5.32 Å². The van der Waals surface area contributed by atoms with Gasteiger partial charge in [0.15, 0.2) is 0 Å². The van der Waals surface area contributed by atoms with Crippen molar-refractivity contribution in [2.24, 2.45) is 11.8 Å². The highest BCUT2D eigenvalue weighted by molar-refractivity contribution is 6.06. The van der Waals surface area contributed by atoms with Gasteiger partial charge in [-0.25, -0.2) is 0 Å². The van der Waals surface area contributed by atoms with Crippen LogP contribution in [0.15, 0.2) is 30.3 Å². The second kappa shape index (κ2) is 5.45. The third-order valence-electron chi connectivity index (χ3n) is 2.43. The highest BCUT2D eigenvalue weighted by atomic mass is 16.2. The highest BCUT2D eigenvalue weighted by Gasteiger charge is 2.26. The Morgan fingerprint density at radius 1 is 1.12 bits per heavy atom. The van der Waals surface area contributed by atoms with Crippen molar-refractivity contribution in [1.29, 1.82) is 0 Å². The molecule has 0 aliphatic heterocycles. The third kappa shape index (κ3) is 3.19. The Morgan fingerprint density at radius 3 is 2.12 bits per heavy atom. The lowest BCUT2D eigenvalue weighted by atomic mass is 9.91. The molecular weight excluding hydrogens is 202 g/mol. The van der Waals surface area contributed by atoms with Crippen molar-refractivity contribution in [2.45, 2.75) is 20.8 Å². The normalized spacial score (nSPS) is 12.2. The molecule has 0 spiro atoms. The number of hydrogen-bond acceptors (Lipinski definition) is 2. The van der Waals surface area contributed by atoms with Crippen molar-refractivity contribution in [3.05, 3.63) is 30.3 Å². The predicted octanol–water partition coefficient (Wildman–Crippen LogP) is 2.49. The zero-order chi connectivity index (χ0) is 12.1. The molecule has 0 aliphatic carbocycles. The second-order valence-electron chi connectivity index (χ2n) is 4.19. The molecule has 0 fully saturated rings. The average molecular weight is 219 g/mol. The van der Waals surface area contributed by atoms with E-state index in [1.165, 1.54) is 6.92 Å². The van der Waals surface area contributed by atoms with Crippen molar-refractivity contribution in [2.75, 3.05) is 5.32 Å². The molecule has 1 aromatic carbocycles. The van der Waals surface area contributed by atoms with E-state index >= 15 is 0 Å². The van der Waals surface area contributed by atoms with Gasteiger partial charge in [0, 0.05) is 5.69 Å². The van der Waals surface area contributed by atoms with Crippen molar-refractivity contribution < 1.29 is 9.59 Å². The fourth-order valence-electron chi connectivity index (χ4n) is 1.70. The van der Waals surface area contributed by atoms with E-state index in [4.69, 9.17) is 0 Å². The number of carbonyl (C=O) groups excluding carboxylic acids is 2. The summed E-state index contributed by atoms with van der Waals surface area (Å²) >= 11 is 0. The van der Waals surface area contributed by atoms with Gasteiger partial charge in [-0.1, -0.05) is 32.0 Å². The summed E-state index contributed by atoms with van der Waals surface area (Å²) in [5, 5.41) is 2.74. The summed E-state index contributed by atoms with van der Waals surface area (Å²) in [6.07, 6.45) is 0. The molecule has 0 radical (unpaired) electrons. The fourth-order valence-corrected chi connectivity index (χ4v) is 1.70. The summed E-state index contributed by atoms with van der Waals surface area (Å²) in [7, 11) is 0. The Labute approximate surface area is 95.9 Å². The maximum absolute atomic E-state index is 11.9. The fraction of sp³-hybridized carbons (Fsp3) is 0.385. The van der Waals surface area contributed by atoms with Gasteiger partial charge in [0.05, 0.1) is 5.92 Å². The maximum Gasteiger partial charge on any atom is 0.235 e. The number of Topliss-reactive ketones (excluding diaryl/α,β-unsaturated/α-hetero) is 1. The van der Waals surface area contributed by atoms with Gasteiger partial charge in [-0.3, -0.25) is 9.59 Å². The summed E-state index contributed by atoms with van der Waals surface area (Å²) in [4.78, 5) is 23.2. The molecule has 3 nitrogen and oxygen atoms in total. The Kier molecular flexibility index (Phi) is 4.23. The van der Waals surface area contributed by atoms with Gasteiger partial charge in [0.25, 0.3) is 0 Å². The first-order valence-electron chi connectivity index (χ1n) is 5.38. The van der Waals surface area contributed by atoms with Crippen molar-refractivity contribution in [3.63, 3.8) is 0 Å². The molecule has 1 aromatic rings. The summed E-state index contributed by atoms with van der Waals surface area (Å²) in [5.74, 6) is -0.876. The van der Waals surface area contributed by atoms with Crippen molar-refractivity contribution >= 4 is 17.4 Å². The number of benzene rings is 1. The number of para-hydroxylation sites is 1. The van der Waals surface area contributed by atoms with Gasteiger partial charge in [0.1, 0.15) is 5.78 Å². The van der Waals surface area contributed by atoms with E-state index in [9.17, 15) is 9.59 Å². The number of rotatable bonds is 4. The van der Waals surface area contributed by atoms with Crippen LogP contribution >= 0.6 is 0 Å². The molecule has 1 N–H and O–H groups in total. The van der Waals surface area contributed by atoms with E-state index in [1.54, 1.807) is 12.1 Å². The van der Waals surface area contributed by atoms with E-state index in [-0.39, 0.29) is 17.6 Å². The van der Waals surface area contributed by atoms with Crippen LogP contribution in [0.25, 0.3) is 0 Å². The van der Waals surface area contributed by atoms with Crippen LogP contribution in [0.5, 0.6) is 0 Å². The first-order chi connectivity index (χ1) is 7.52. The van der Waals surface area contributed by atoms with Gasteiger partial charge in [-0.05, 0) is 25.0 Å². The van der Waals surface area contributed by atoms with Gasteiger partial charge in [0.2, 0.25) is 5.91 Å². The monoisotopic (exact) mass is 219 g/mol. The predicted molar refractivity (Wildman–Crippen MR) is 64.1 cm³/mol. The van der Waals surface area contributed by atoms with Crippen molar-refractivity contribution in [3.8, 4) is 0 Å². The van der Waals surface area contributed by atoms with E-state index in [2.05, 4.69) is 5.32 Å². The molecule has 3 heteroatoms. The molecule has 1 unspecified atom stereocenters. The molecule has 1 atom stereocenters. The quantitative estimate of drug-likeness (QED) is 0.791. The molecule has 0 saturated carbocycles. The molecule has 1 rings (SSSR count). The maximum atomic E-state index is 11.9. The number of carbonyl (C=O) groups is 2. The van der Waals surface area contributed by atoms with Crippen LogP contribution in [-0.2, 0) is 9.59 Å². The second-order valence-corrected chi connectivity index (χ2v) is 4.19. The molecular formula is C13H17NO2. The van der Waals surface area contributed by atoms with E-state index < -0.39 is 5.92 Å². The minimum atomic E-state index is -0.569. The van der Waals surface area contributed by atoms with Gasteiger partial charge in [-0.15, -0.1) is 0 Å². The van der Waals surface area contributed by atoms with Crippen LogP contribution in [0.3, 0.4) is 0 Å². The summed E-state index contributed by atoms with van der Waals surface area (Å²) < 4.78 is 0. The number of anilines is 1. The van der Waals surface area contributed by atoms with Gasteiger partial charge in [-0.2, -0.15) is 0 Å². The standard InChI is InChI=1S/C13H17NO2/c1-9(2)12(10(3)15)13(16)14-11-7-5-4-6-8-11/h4-9,12H,1-3H3,(H,14,16). The number of amides is 1. The zero-order valence-electron chi connectivity index (χ0n) is 9.86. The SMILES string of the molecule is CC(=O)C(C(=O)Nc1ccccc1)C(C)C. The minimum Gasteiger partial charge on any atom is -0.325 e. The minimum absolute atomic E-state index is 0.0150. The Balaban J connectivity index is 2.74. The largest absolute Gasteiger partial charge is 0.325 e. The molecule has 16 heavy (non-hydrogen) atoms. The third-order valence-corrected chi connectivity index (χ3v) is 2.43. The number of nitrogens with one attached hydrogen (secondary N) is 1. The molecule has 0 bridgehead atoms. The first kappa shape index (κ1) is 12.4. The average Bonchev–Trinajstić information content (AvgIpc) is 2.17. The smallest absolute Gasteiger partial charge is 0.235 e. The topological polar surface area (TPSA) is 46.2 Å². The number of hydrogen-bond donors (Lipinski definition) is 1. The summed E-state index contributed by atoms with van der Waals surface area (Å²) in [6, 6.07) is 9.16. The Morgan fingerprint density at radius 2 is 1.69 bits per heavy atom. The van der Waals surface area contributed by atoms with Gasteiger partial charge >= 0.3 is 0 Å². The Bertz CT molecular complexity index is 371. The van der Waals surface area contributed by atoms with Crippen LogP contribution in [0.1, 0.15) is 20.8 Å². The number of ketones is 1. The lowest BCUT2D eigenvalue weighted by Gasteiger charge is -2.17. The van der Waals surface area contributed by atoms with Crippen LogP contribution in [0, 0.1) is 11.8 Å². The molecule has 0 aromatic heterocycles. The first-order valence-corrected chi connectivity index (χ1v) is 5.38. The van der Waals surface area contributed by atoms with E-state index in [1.807, 2.05) is 32.0 Å². The lowest BCUT2D eigenvalue weighted by molar-refractivity contribution is -0.131. The molecule has 0 aliphatic rings. The molecule has 1 amide bonds. The lowest BCUT2D eigenvalue weighted by Crippen LogP contribution is -2.32.